The first kappa shape index (κ1) is 17.1. The number of nitrogens with two attached hydrogens (primary N) is 1. The highest BCUT2D eigenvalue weighted by molar-refractivity contribution is 5.85. The first-order valence-electron chi connectivity index (χ1n) is 7.82. The second kappa shape index (κ2) is 6.47. The number of aryl methyl sites for hydroxylation is 2. The predicted octanol–water partition coefficient (Wildman–Crippen LogP) is 2.42. The van der Waals surface area contributed by atoms with E-state index in [4.69, 9.17) is 10.5 Å². The van der Waals surface area contributed by atoms with Crippen molar-refractivity contribution in [2.75, 3.05) is 6.54 Å². The maximum atomic E-state index is 12.5. The van der Waals surface area contributed by atoms with Crippen molar-refractivity contribution in [1.82, 2.24) is 5.32 Å². The van der Waals surface area contributed by atoms with Gasteiger partial charge in [0.05, 0.1) is 5.54 Å². The molecule has 1 fully saturated rings. The minimum atomic E-state index is -0.412. The zero-order valence-electron chi connectivity index (χ0n) is 13.3. The second-order valence-corrected chi connectivity index (χ2v) is 6.54. The van der Waals surface area contributed by atoms with E-state index in [9.17, 15) is 4.79 Å². The Morgan fingerprint density at radius 2 is 1.95 bits per heavy atom. The standard InChI is InChI=1S/C17H24N2O2.ClH/c1-11-7-13-9-15(21-14(13)8-12(11)2)16(20)19-17(10-18)5-3-4-6-17;/h7-8,15H,3-6,9-10,18H2,1-2H3,(H,19,20);1H. The van der Waals surface area contributed by atoms with Crippen molar-refractivity contribution in [2.45, 2.75) is 57.6 Å². The zero-order chi connectivity index (χ0) is 15.0. The first-order chi connectivity index (χ1) is 10.0. The molecule has 0 bridgehead atoms. The van der Waals surface area contributed by atoms with E-state index in [0.29, 0.717) is 13.0 Å². The summed E-state index contributed by atoms with van der Waals surface area (Å²) in [6.45, 7) is 4.66. The highest BCUT2D eigenvalue weighted by Crippen LogP contribution is 2.33. The summed E-state index contributed by atoms with van der Waals surface area (Å²) >= 11 is 0. The monoisotopic (exact) mass is 324 g/mol. The molecule has 1 atom stereocenters. The van der Waals surface area contributed by atoms with E-state index in [1.54, 1.807) is 0 Å². The van der Waals surface area contributed by atoms with Crippen LogP contribution in [-0.4, -0.2) is 24.1 Å². The lowest BCUT2D eigenvalue weighted by Crippen LogP contribution is -2.55. The molecule has 2 aliphatic rings. The van der Waals surface area contributed by atoms with Gasteiger partial charge in [0.2, 0.25) is 0 Å². The molecule has 1 saturated carbocycles. The van der Waals surface area contributed by atoms with E-state index in [1.807, 2.05) is 6.07 Å². The summed E-state index contributed by atoms with van der Waals surface area (Å²) < 4.78 is 5.85. The van der Waals surface area contributed by atoms with Crippen LogP contribution in [0.1, 0.15) is 42.4 Å². The van der Waals surface area contributed by atoms with Crippen LogP contribution < -0.4 is 15.8 Å². The fraction of sp³-hybridized carbons (Fsp3) is 0.588. The van der Waals surface area contributed by atoms with Gasteiger partial charge < -0.3 is 15.8 Å². The molecule has 1 aromatic rings. The Balaban J connectivity index is 0.00000176. The van der Waals surface area contributed by atoms with E-state index < -0.39 is 6.10 Å². The van der Waals surface area contributed by atoms with E-state index >= 15 is 0 Å². The molecule has 3 rings (SSSR count). The number of rotatable bonds is 3. The molecule has 1 amide bonds. The third-order valence-corrected chi connectivity index (χ3v) is 4.98. The van der Waals surface area contributed by atoms with Crippen LogP contribution in [0.25, 0.3) is 0 Å². The summed E-state index contributed by atoms with van der Waals surface area (Å²) in [5.41, 5.74) is 9.25. The van der Waals surface area contributed by atoms with Crippen LogP contribution in [0.15, 0.2) is 12.1 Å². The SMILES string of the molecule is Cc1cc2c(cc1C)OC(C(=O)NC1(CN)CCCC1)C2.Cl. The number of hydrogen-bond donors (Lipinski definition) is 2. The number of halogens is 1. The number of amides is 1. The maximum Gasteiger partial charge on any atom is 0.261 e. The number of ether oxygens (including phenoxy) is 1. The molecule has 1 heterocycles. The average molecular weight is 325 g/mol. The third-order valence-electron chi connectivity index (χ3n) is 4.98. The molecule has 0 saturated heterocycles. The normalized spacial score (nSPS) is 21.7. The van der Waals surface area contributed by atoms with E-state index in [-0.39, 0.29) is 23.9 Å². The van der Waals surface area contributed by atoms with Crippen LogP contribution in [-0.2, 0) is 11.2 Å². The first-order valence-corrected chi connectivity index (χ1v) is 7.82. The Kier molecular flexibility index (Phi) is 5.03. The molecule has 0 radical (unpaired) electrons. The number of benzene rings is 1. The number of hydrogen-bond acceptors (Lipinski definition) is 3. The van der Waals surface area contributed by atoms with Crippen LogP contribution in [0.4, 0.5) is 0 Å². The van der Waals surface area contributed by atoms with E-state index in [1.165, 1.54) is 11.1 Å². The van der Waals surface area contributed by atoms with Gasteiger partial charge in [-0.1, -0.05) is 18.9 Å². The molecule has 22 heavy (non-hydrogen) atoms. The quantitative estimate of drug-likeness (QED) is 0.897. The largest absolute Gasteiger partial charge is 0.480 e. The van der Waals surface area contributed by atoms with Gasteiger partial charge in [-0.3, -0.25) is 4.79 Å². The Labute approximate surface area is 138 Å². The van der Waals surface area contributed by atoms with Crippen molar-refractivity contribution in [2.24, 2.45) is 5.73 Å². The lowest BCUT2D eigenvalue weighted by molar-refractivity contribution is -0.129. The average Bonchev–Trinajstić information content (AvgIpc) is 3.07. The fourth-order valence-electron chi connectivity index (χ4n) is 3.43. The highest BCUT2D eigenvalue weighted by atomic mass is 35.5. The Morgan fingerprint density at radius 1 is 1.32 bits per heavy atom. The molecule has 1 aromatic carbocycles. The smallest absolute Gasteiger partial charge is 0.261 e. The van der Waals surface area contributed by atoms with Crippen LogP contribution in [0.2, 0.25) is 0 Å². The minimum Gasteiger partial charge on any atom is -0.480 e. The lowest BCUT2D eigenvalue weighted by atomic mass is 9.97. The Hall–Kier alpha value is -1.26. The summed E-state index contributed by atoms with van der Waals surface area (Å²) in [5.74, 6) is 0.834. The number of nitrogens with one attached hydrogen (secondary N) is 1. The number of carbonyl (C=O) groups excluding carboxylic acids is 1. The second-order valence-electron chi connectivity index (χ2n) is 6.54. The van der Waals surface area contributed by atoms with Gasteiger partial charge in [-0.05, 0) is 49.4 Å². The molecule has 4 nitrogen and oxygen atoms in total. The van der Waals surface area contributed by atoms with E-state index in [2.05, 4.69) is 25.2 Å². The summed E-state index contributed by atoms with van der Waals surface area (Å²) in [6, 6.07) is 4.17. The third kappa shape index (κ3) is 3.08. The minimum absolute atomic E-state index is 0. The van der Waals surface area contributed by atoms with Gasteiger partial charge in [-0.2, -0.15) is 0 Å². The van der Waals surface area contributed by atoms with Gasteiger partial charge in [-0.25, -0.2) is 0 Å². The zero-order valence-corrected chi connectivity index (χ0v) is 14.1. The van der Waals surface area contributed by atoms with Crippen LogP contribution in [0.3, 0.4) is 0 Å². The van der Waals surface area contributed by atoms with Gasteiger partial charge in [0.1, 0.15) is 5.75 Å². The predicted molar refractivity (Wildman–Crippen MR) is 89.7 cm³/mol. The molecule has 1 aliphatic carbocycles. The summed E-state index contributed by atoms with van der Waals surface area (Å²) in [7, 11) is 0. The molecular weight excluding hydrogens is 300 g/mol. The number of fused-ring (bicyclic) bond motifs is 1. The van der Waals surface area contributed by atoms with Crippen molar-refractivity contribution < 1.29 is 9.53 Å². The van der Waals surface area contributed by atoms with Crippen LogP contribution in [0, 0.1) is 13.8 Å². The topological polar surface area (TPSA) is 64.3 Å². The fourth-order valence-corrected chi connectivity index (χ4v) is 3.43. The molecule has 122 valence electrons. The van der Waals surface area contributed by atoms with Gasteiger partial charge >= 0.3 is 0 Å². The molecule has 5 heteroatoms. The van der Waals surface area contributed by atoms with Gasteiger partial charge in [0.25, 0.3) is 5.91 Å². The molecule has 0 aromatic heterocycles. The van der Waals surface area contributed by atoms with E-state index in [0.717, 1.165) is 37.0 Å². The van der Waals surface area contributed by atoms with Gasteiger partial charge in [0, 0.05) is 13.0 Å². The van der Waals surface area contributed by atoms with Crippen molar-refractivity contribution in [3.05, 3.63) is 28.8 Å². The van der Waals surface area contributed by atoms with Crippen molar-refractivity contribution >= 4 is 18.3 Å². The van der Waals surface area contributed by atoms with Crippen molar-refractivity contribution in [3.8, 4) is 5.75 Å². The summed E-state index contributed by atoms with van der Waals surface area (Å²) in [5, 5.41) is 3.16. The molecular formula is C17H25ClN2O2. The Bertz CT molecular complexity index is 537. The molecule has 3 N–H and O–H groups in total. The molecule has 1 unspecified atom stereocenters. The maximum absolute atomic E-state index is 12.5. The summed E-state index contributed by atoms with van der Waals surface area (Å²) in [4.78, 5) is 12.5. The van der Waals surface area contributed by atoms with Crippen LogP contribution in [0.5, 0.6) is 5.75 Å². The lowest BCUT2D eigenvalue weighted by Gasteiger charge is -2.29. The van der Waals surface area contributed by atoms with Crippen molar-refractivity contribution in [1.29, 1.82) is 0 Å². The van der Waals surface area contributed by atoms with Gasteiger partial charge in [-0.15, -0.1) is 12.4 Å². The Morgan fingerprint density at radius 3 is 2.59 bits per heavy atom. The molecule has 0 spiro atoms. The number of carbonyl (C=O) groups is 1. The van der Waals surface area contributed by atoms with Crippen LogP contribution >= 0.6 is 12.4 Å². The summed E-state index contributed by atoms with van der Waals surface area (Å²) in [6.07, 6.45) is 4.48. The highest BCUT2D eigenvalue weighted by Gasteiger charge is 2.38. The molecule has 1 aliphatic heterocycles. The van der Waals surface area contributed by atoms with Crippen molar-refractivity contribution in [3.63, 3.8) is 0 Å². The van der Waals surface area contributed by atoms with Gasteiger partial charge in [0.15, 0.2) is 6.10 Å².